The van der Waals surface area contributed by atoms with Gasteiger partial charge in [0.2, 0.25) is 5.54 Å². The number of hydrogen-bond donors (Lipinski definition) is 1. The molecule has 1 N–H and O–H groups in total. The van der Waals surface area contributed by atoms with Crippen LogP contribution in [0.5, 0.6) is 0 Å². The summed E-state index contributed by atoms with van der Waals surface area (Å²) < 4.78 is 42.9. The summed E-state index contributed by atoms with van der Waals surface area (Å²) in [7, 11) is 2.08. The molecule has 0 radical (unpaired) electrons. The van der Waals surface area contributed by atoms with Gasteiger partial charge in [0.05, 0.1) is 7.11 Å². The maximum absolute atomic E-state index is 12.9. The van der Waals surface area contributed by atoms with E-state index in [1.165, 1.54) is 0 Å². The quantitative estimate of drug-likeness (QED) is 0.572. The molecule has 0 aromatic rings. The van der Waals surface area contributed by atoms with E-state index in [0.29, 0.717) is 12.8 Å². The number of carbonyl (C=O) groups excluding carboxylic acids is 1. The topological polar surface area (TPSA) is 38.3 Å². The summed E-state index contributed by atoms with van der Waals surface area (Å²) in [5.41, 5.74) is -2.57. The van der Waals surface area contributed by atoms with Gasteiger partial charge in [0, 0.05) is 0 Å². The van der Waals surface area contributed by atoms with Gasteiger partial charge in [0.1, 0.15) is 0 Å². The summed E-state index contributed by atoms with van der Waals surface area (Å²) in [5, 5.41) is 2.07. The number of rotatable bonds is 6. The Labute approximate surface area is 93.3 Å². The molecule has 0 aromatic carbocycles. The summed E-state index contributed by atoms with van der Waals surface area (Å²) in [6.45, 7) is 1.88. The number of hydrogen-bond acceptors (Lipinski definition) is 3. The van der Waals surface area contributed by atoms with Crippen molar-refractivity contribution in [3.63, 3.8) is 0 Å². The van der Waals surface area contributed by atoms with Crippen molar-refractivity contribution in [3.8, 4) is 0 Å². The molecule has 0 amide bonds. The number of ether oxygens (including phenoxy) is 1. The third kappa shape index (κ3) is 3.10. The average Bonchev–Trinajstić information content (AvgIpc) is 2.22. The molecule has 0 saturated heterocycles. The van der Waals surface area contributed by atoms with Gasteiger partial charge in [-0.3, -0.25) is 5.32 Å². The molecule has 0 aromatic heterocycles. The lowest BCUT2D eigenvalue weighted by Gasteiger charge is -2.32. The number of likely N-dealkylation sites (N-methyl/N-ethyl adjacent to an activating group) is 1. The van der Waals surface area contributed by atoms with Crippen LogP contribution < -0.4 is 5.32 Å². The predicted molar refractivity (Wildman–Crippen MR) is 54.0 cm³/mol. The van der Waals surface area contributed by atoms with Crippen molar-refractivity contribution < 1.29 is 22.7 Å². The lowest BCUT2D eigenvalue weighted by atomic mass is 9.91. The van der Waals surface area contributed by atoms with Crippen LogP contribution in [0.15, 0.2) is 0 Å². The van der Waals surface area contributed by atoms with Crippen LogP contribution in [-0.2, 0) is 9.53 Å². The summed E-state index contributed by atoms with van der Waals surface area (Å²) in [6.07, 6.45) is -3.18. The first-order valence-electron chi connectivity index (χ1n) is 5.19. The Hall–Kier alpha value is -0.780. The zero-order chi connectivity index (χ0) is 12.8. The fourth-order valence-electron chi connectivity index (χ4n) is 1.54. The third-order valence-corrected chi connectivity index (χ3v) is 2.60. The van der Waals surface area contributed by atoms with Crippen molar-refractivity contribution in [2.24, 2.45) is 0 Å². The van der Waals surface area contributed by atoms with E-state index in [9.17, 15) is 18.0 Å². The third-order valence-electron chi connectivity index (χ3n) is 2.60. The van der Waals surface area contributed by atoms with Crippen LogP contribution in [0.1, 0.15) is 32.6 Å². The van der Waals surface area contributed by atoms with Crippen LogP contribution in [0, 0.1) is 0 Å². The molecule has 0 rings (SSSR count). The van der Waals surface area contributed by atoms with Gasteiger partial charge in [0.25, 0.3) is 0 Å². The first-order chi connectivity index (χ1) is 7.35. The zero-order valence-electron chi connectivity index (χ0n) is 9.78. The van der Waals surface area contributed by atoms with Crippen molar-refractivity contribution in [1.29, 1.82) is 0 Å². The van der Waals surface area contributed by atoms with E-state index < -0.39 is 17.7 Å². The lowest BCUT2D eigenvalue weighted by molar-refractivity contribution is -0.212. The summed E-state index contributed by atoms with van der Waals surface area (Å²) >= 11 is 0. The molecule has 0 fully saturated rings. The number of nitrogens with one attached hydrogen (secondary N) is 1. The molecule has 1 unspecified atom stereocenters. The minimum Gasteiger partial charge on any atom is -0.467 e. The Morgan fingerprint density at radius 2 is 1.88 bits per heavy atom. The monoisotopic (exact) mass is 241 g/mol. The first kappa shape index (κ1) is 15.2. The summed E-state index contributed by atoms with van der Waals surface area (Å²) in [5.74, 6) is -1.28. The van der Waals surface area contributed by atoms with Gasteiger partial charge < -0.3 is 4.74 Å². The molecule has 96 valence electrons. The van der Waals surface area contributed by atoms with E-state index in [-0.39, 0.29) is 6.42 Å². The molecule has 0 saturated carbocycles. The van der Waals surface area contributed by atoms with Gasteiger partial charge in [-0.25, -0.2) is 4.79 Å². The molecule has 0 aliphatic heterocycles. The van der Waals surface area contributed by atoms with E-state index >= 15 is 0 Å². The molecule has 0 bridgehead atoms. The maximum Gasteiger partial charge on any atom is 0.417 e. The summed E-state index contributed by atoms with van der Waals surface area (Å²) in [4.78, 5) is 11.3. The van der Waals surface area contributed by atoms with Crippen LogP contribution >= 0.6 is 0 Å². The van der Waals surface area contributed by atoms with Crippen molar-refractivity contribution in [3.05, 3.63) is 0 Å². The first-order valence-corrected chi connectivity index (χ1v) is 5.19. The van der Waals surface area contributed by atoms with Crippen molar-refractivity contribution in [2.45, 2.75) is 44.3 Å². The normalized spacial score (nSPS) is 15.6. The second-order valence-electron chi connectivity index (χ2n) is 3.60. The highest BCUT2D eigenvalue weighted by Crippen LogP contribution is 2.35. The van der Waals surface area contributed by atoms with Gasteiger partial charge >= 0.3 is 12.1 Å². The van der Waals surface area contributed by atoms with E-state index in [1.807, 2.05) is 6.92 Å². The summed E-state index contributed by atoms with van der Waals surface area (Å²) in [6, 6.07) is 0. The predicted octanol–water partition coefficient (Wildman–Crippen LogP) is 2.26. The van der Waals surface area contributed by atoms with Gasteiger partial charge in [-0.1, -0.05) is 26.2 Å². The molecular weight excluding hydrogens is 223 g/mol. The van der Waals surface area contributed by atoms with Gasteiger partial charge in [-0.05, 0) is 13.5 Å². The Morgan fingerprint density at radius 1 is 1.31 bits per heavy atom. The van der Waals surface area contributed by atoms with E-state index in [1.54, 1.807) is 0 Å². The molecule has 0 spiro atoms. The van der Waals surface area contributed by atoms with Crippen molar-refractivity contribution in [1.82, 2.24) is 5.32 Å². The average molecular weight is 241 g/mol. The minimum atomic E-state index is -4.65. The highest BCUT2D eigenvalue weighted by molar-refractivity contribution is 5.81. The molecule has 1 atom stereocenters. The second kappa shape index (κ2) is 6.08. The van der Waals surface area contributed by atoms with E-state index in [0.717, 1.165) is 20.6 Å². The Balaban J connectivity index is 4.91. The number of esters is 1. The van der Waals surface area contributed by atoms with Gasteiger partial charge in [-0.15, -0.1) is 0 Å². The van der Waals surface area contributed by atoms with Crippen LogP contribution in [0.25, 0.3) is 0 Å². The van der Waals surface area contributed by atoms with Crippen LogP contribution in [0.2, 0.25) is 0 Å². The van der Waals surface area contributed by atoms with Gasteiger partial charge in [-0.2, -0.15) is 13.2 Å². The number of alkyl halides is 3. The van der Waals surface area contributed by atoms with E-state index in [2.05, 4.69) is 10.1 Å². The molecule has 0 heterocycles. The fourth-order valence-corrected chi connectivity index (χ4v) is 1.54. The Morgan fingerprint density at radius 3 is 2.19 bits per heavy atom. The number of unbranched alkanes of at least 4 members (excludes halogenated alkanes) is 2. The highest BCUT2D eigenvalue weighted by atomic mass is 19.4. The smallest absolute Gasteiger partial charge is 0.417 e. The van der Waals surface area contributed by atoms with Crippen molar-refractivity contribution in [2.75, 3.05) is 14.2 Å². The van der Waals surface area contributed by atoms with Crippen LogP contribution in [-0.4, -0.2) is 31.8 Å². The molecule has 3 nitrogen and oxygen atoms in total. The van der Waals surface area contributed by atoms with Gasteiger partial charge in [0.15, 0.2) is 0 Å². The van der Waals surface area contributed by atoms with Crippen molar-refractivity contribution >= 4 is 5.97 Å². The van der Waals surface area contributed by atoms with Crippen LogP contribution in [0.3, 0.4) is 0 Å². The number of methoxy groups -OCH3 is 1. The maximum atomic E-state index is 12.9. The standard InChI is InChI=1S/C10H18F3NO2/c1-4-5-6-7-9(14-2,8(15)16-3)10(11,12)13/h14H,4-7H2,1-3H3. The largest absolute Gasteiger partial charge is 0.467 e. The minimum absolute atomic E-state index is 0.298. The molecule has 0 aliphatic rings. The molecule has 16 heavy (non-hydrogen) atoms. The zero-order valence-corrected chi connectivity index (χ0v) is 9.78. The second-order valence-corrected chi connectivity index (χ2v) is 3.60. The molecular formula is C10H18F3NO2. The highest BCUT2D eigenvalue weighted by Gasteiger charge is 2.59. The number of carbonyl (C=O) groups is 1. The molecule has 6 heteroatoms. The Kier molecular flexibility index (Phi) is 5.78. The Bertz CT molecular complexity index is 231. The lowest BCUT2D eigenvalue weighted by Crippen LogP contribution is -2.61. The fraction of sp³-hybridized carbons (Fsp3) is 0.900. The number of halogens is 3. The SMILES string of the molecule is CCCCCC(NC)(C(=O)OC)C(F)(F)F. The van der Waals surface area contributed by atoms with E-state index in [4.69, 9.17) is 0 Å². The molecule has 0 aliphatic carbocycles. The van der Waals surface area contributed by atoms with Crippen LogP contribution in [0.4, 0.5) is 13.2 Å².